The normalized spacial score (nSPS) is 15.6. The summed E-state index contributed by atoms with van der Waals surface area (Å²) in [7, 11) is 0. The number of rotatable bonds is 4. The average Bonchev–Trinajstić information content (AvgIpc) is 2.23. The number of nitrogens with one attached hydrogen (secondary N) is 2. The lowest BCUT2D eigenvalue weighted by molar-refractivity contribution is -0.385. The van der Waals surface area contributed by atoms with E-state index in [0.29, 0.717) is 12.5 Å². The maximum Gasteiger partial charge on any atom is 0.274 e. The van der Waals surface area contributed by atoms with Crippen LogP contribution in [0.1, 0.15) is 12.5 Å². The molecule has 1 aliphatic heterocycles. The number of aryl methyl sites for hydroxylation is 1. The molecule has 2 N–H and O–H groups in total. The number of benzene rings is 1. The number of hydrogen-bond donors (Lipinski definition) is 2. The van der Waals surface area contributed by atoms with Crippen LogP contribution in [0, 0.1) is 10.1 Å². The van der Waals surface area contributed by atoms with Crippen molar-refractivity contribution in [1.82, 2.24) is 5.32 Å². The average molecular weight is 221 g/mol. The van der Waals surface area contributed by atoms with Crippen LogP contribution >= 0.6 is 0 Å². The van der Waals surface area contributed by atoms with Crippen LogP contribution in [0.15, 0.2) is 18.2 Å². The predicted octanol–water partition coefficient (Wildman–Crippen LogP) is 1.54. The number of anilines is 1. The zero-order valence-electron chi connectivity index (χ0n) is 9.19. The van der Waals surface area contributed by atoms with Gasteiger partial charge in [0.2, 0.25) is 0 Å². The molecule has 5 nitrogen and oxygen atoms in total. The zero-order chi connectivity index (χ0) is 11.5. The van der Waals surface area contributed by atoms with Crippen molar-refractivity contribution < 1.29 is 4.92 Å². The largest absolute Gasteiger partial charge is 0.380 e. The van der Waals surface area contributed by atoms with Gasteiger partial charge in [0.05, 0.1) is 11.0 Å². The van der Waals surface area contributed by atoms with Crippen molar-refractivity contribution in [3.8, 4) is 0 Å². The Kier molecular flexibility index (Phi) is 3.05. The highest BCUT2D eigenvalue weighted by atomic mass is 16.6. The summed E-state index contributed by atoms with van der Waals surface area (Å²) in [6, 6.07) is 5.75. The van der Waals surface area contributed by atoms with E-state index in [1.165, 1.54) is 0 Å². The van der Waals surface area contributed by atoms with Crippen LogP contribution in [0.2, 0.25) is 0 Å². The Balaban J connectivity index is 2.20. The summed E-state index contributed by atoms with van der Waals surface area (Å²) in [6.07, 6.45) is 0.682. The minimum absolute atomic E-state index is 0.208. The monoisotopic (exact) mass is 221 g/mol. The van der Waals surface area contributed by atoms with E-state index in [1.807, 2.05) is 19.1 Å². The smallest absolute Gasteiger partial charge is 0.274 e. The molecular weight excluding hydrogens is 206 g/mol. The summed E-state index contributed by atoms with van der Waals surface area (Å²) in [4.78, 5) is 10.6. The quantitative estimate of drug-likeness (QED) is 0.598. The number of nitro groups is 1. The van der Waals surface area contributed by atoms with Crippen molar-refractivity contribution >= 4 is 11.4 Å². The fourth-order valence-electron chi connectivity index (χ4n) is 1.75. The highest BCUT2D eigenvalue weighted by Crippen LogP contribution is 2.24. The molecule has 1 fully saturated rings. The van der Waals surface area contributed by atoms with E-state index < -0.39 is 0 Å². The fraction of sp³-hybridized carbons (Fsp3) is 0.455. The van der Waals surface area contributed by atoms with Gasteiger partial charge in [0, 0.05) is 30.4 Å². The van der Waals surface area contributed by atoms with Gasteiger partial charge in [0.15, 0.2) is 0 Å². The highest BCUT2D eigenvalue weighted by molar-refractivity contribution is 5.56. The third-order valence-corrected chi connectivity index (χ3v) is 2.82. The number of hydrogen-bond acceptors (Lipinski definition) is 4. The van der Waals surface area contributed by atoms with Crippen molar-refractivity contribution in [2.45, 2.75) is 19.4 Å². The molecular formula is C11H15N3O2. The minimum Gasteiger partial charge on any atom is -0.380 e. The molecule has 1 aliphatic rings. The van der Waals surface area contributed by atoms with Gasteiger partial charge in [-0.2, -0.15) is 0 Å². The van der Waals surface area contributed by atoms with Crippen molar-refractivity contribution in [2.24, 2.45) is 0 Å². The molecule has 1 aromatic carbocycles. The third-order valence-electron chi connectivity index (χ3n) is 2.82. The highest BCUT2D eigenvalue weighted by Gasteiger charge is 2.18. The molecule has 0 unspecified atom stereocenters. The van der Waals surface area contributed by atoms with Crippen molar-refractivity contribution in [3.05, 3.63) is 33.9 Å². The van der Waals surface area contributed by atoms with Gasteiger partial charge in [0.25, 0.3) is 5.69 Å². The summed E-state index contributed by atoms with van der Waals surface area (Å²) in [6.45, 7) is 3.76. The molecule has 1 saturated heterocycles. The molecule has 0 spiro atoms. The van der Waals surface area contributed by atoms with Gasteiger partial charge in [-0.05, 0) is 12.5 Å². The molecule has 0 aliphatic carbocycles. The van der Waals surface area contributed by atoms with E-state index in [4.69, 9.17) is 0 Å². The summed E-state index contributed by atoms with van der Waals surface area (Å²) in [5.74, 6) is 0. The molecule has 5 heteroatoms. The molecule has 1 heterocycles. The molecule has 0 saturated carbocycles. The van der Waals surface area contributed by atoms with Crippen LogP contribution in [-0.4, -0.2) is 24.1 Å². The van der Waals surface area contributed by atoms with Gasteiger partial charge in [-0.25, -0.2) is 0 Å². The molecule has 0 bridgehead atoms. The molecule has 2 rings (SSSR count). The van der Waals surface area contributed by atoms with Crippen LogP contribution in [0.4, 0.5) is 11.4 Å². The first-order chi connectivity index (χ1) is 7.70. The third kappa shape index (κ3) is 2.14. The van der Waals surface area contributed by atoms with Crippen LogP contribution in [0.5, 0.6) is 0 Å². The van der Waals surface area contributed by atoms with Gasteiger partial charge in [-0.15, -0.1) is 0 Å². The van der Waals surface area contributed by atoms with Crippen molar-refractivity contribution in [1.29, 1.82) is 0 Å². The van der Waals surface area contributed by atoms with Crippen LogP contribution < -0.4 is 10.6 Å². The van der Waals surface area contributed by atoms with E-state index in [1.54, 1.807) is 6.07 Å². The number of nitro benzene ring substituents is 1. The first-order valence-electron chi connectivity index (χ1n) is 5.45. The fourth-order valence-corrected chi connectivity index (χ4v) is 1.75. The minimum atomic E-state index is -0.316. The van der Waals surface area contributed by atoms with E-state index in [9.17, 15) is 10.1 Å². The summed E-state index contributed by atoms with van der Waals surface area (Å²) < 4.78 is 0. The van der Waals surface area contributed by atoms with E-state index >= 15 is 0 Å². The second-order valence-corrected chi connectivity index (χ2v) is 3.95. The maximum atomic E-state index is 10.9. The van der Waals surface area contributed by atoms with Crippen LogP contribution in [-0.2, 0) is 6.42 Å². The Bertz CT molecular complexity index is 402. The van der Waals surface area contributed by atoms with Gasteiger partial charge < -0.3 is 10.6 Å². The number of nitrogens with zero attached hydrogens (tertiary/aromatic N) is 1. The van der Waals surface area contributed by atoms with Gasteiger partial charge in [0.1, 0.15) is 0 Å². The topological polar surface area (TPSA) is 67.2 Å². The standard InChI is InChI=1S/C11H15N3O2/c1-2-8-3-4-9(5-11(8)14(15)16)13-10-6-12-7-10/h3-5,10,12-13H,2,6-7H2,1H3. The second kappa shape index (κ2) is 4.49. The molecule has 0 amide bonds. The van der Waals surface area contributed by atoms with Gasteiger partial charge in [-0.1, -0.05) is 13.0 Å². The van der Waals surface area contributed by atoms with Gasteiger partial charge in [-0.3, -0.25) is 10.1 Å². The second-order valence-electron chi connectivity index (χ2n) is 3.95. The van der Waals surface area contributed by atoms with E-state index in [0.717, 1.165) is 24.3 Å². The lowest BCUT2D eigenvalue weighted by Crippen LogP contribution is -2.51. The SMILES string of the molecule is CCc1ccc(NC2CNC2)cc1[N+](=O)[O-]. The zero-order valence-corrected chi connectivity index (χ0v) is 9.19. The lowest BCUT2D eigenvalue weighted by Gasteiger charge is -2.28. The molecule has 0 radical (unpaired) electrons. The Morgan fingerprint density at radius 1 is 1.56 bits per heavy atom. The van der Waals surface area contributed by atoms with Crippen LogP contribution in [0.25, 0.3) is 0 Å². The lowest BCUT2D eigenvalue weighted by atomic mass is 10.1. The molecule has 0 aromatic heterocycles. The van der Waals surface area contributed by atoms with Crippen molar-refractivity contribution in [2.75, 3.05) is 18.4 Å². The summed E-state index contributed by atoms with van der Waals surface area (Å²) in [5, 5.41) is 17.3. The molecule has 16 heavy (non-hydrogen) atoms. The van der Waals surface area contributed by atoms with E-state index in [2.05, 4.69) is 10.6 Å². The van der Waals surface area contributed by atoms with E-state index in [-0.39, 0.29) is 10.6 Å². The Morgan fingerprint density at radius 2 is 2.31 bits per heavy atom. The predicted molar refractivity (Wildman–Crippen MR) is 62.8 cm³/mol. The maximum absolute atomic E-state index is 10.9. The molecule has 0 atom stereocenters. The Morgan fingerprint density at radius 3 is 2.81 bits per heavy atom. The van der Waals surface area contributed by atoms with Crippen LogP contribution in [0.3, 0.4) is 0 Å². The summed E-state index contributed by atoms with van der Waals surface area (Å²) >= 11 is 0. The first-order valence-corrected chi connectivity index (χ1v) is 5.45. The summed E-state index contributed by atoms with van der Waals surface area (Å²) in [5.41, 5.74) is 1.82. The van der Waals surface area contributed by atoms with Crippen molar-refractivity contribution in [3.63, 3.8) is 0 Å². The molecule has 1 aromatic rings. The first kappa shape index (κ1) is 10.9. The molecule has 86 valence electrons. The Hall–Kier alpha value is -1.62. The Labute approximate surface area is 94.0 Å². The van der Waals surface area contributed by atoms with Gasteiger partial charge >= 0.3 is 0 Å².